The molecule has 3 aliphatic heterocycles. The second kappa shape index (κ2) is 5.80. The molecule has 3 saturated heterocycles. The Morgan fingerprint density at radius 2 is 1.83 bits per heavy atom. The van der Waals surface area contributed by atoms with Crippen LogP contribution in [0.15, 0.2) is 24.3 Å². The van der Waals surface area contributed by atoms with E-state index in [-0.39, 0.29) is 29.9 Å². The quantitative estimate of drug-likeness (QED) is 0.910. The topological polar surface area (TPSA) is 52.7 Å². The average molecular weight is 334 g/mol. The minimum atomic E-state index is -0.264. The molecule has 0 saturated carbocycles. The number of rotatable bonds is 3. The van der Waals surface area contributed by atoms with Crippen molar-refractivity contribution in [3.8, 4) is 0 Å². The van der Waals surface area contributed by atoms with Crippen LogP contribution in [0.1, 0.15) is 24.8 Å². The fraction of sp³-hybridized carbons (Fsp3) is 0.529. The van der Waals surface area contributed by atoms with Crippen molar-refractivity contribution in [1.29, 1.82) is 0 Å². The lowest BCUT2D eigenvalue weighted by Crippen LogP contribution is -2.60. The molecule has 0 spiro atoms. The molecule has 122 valence electrons. The Balaban J connectivity index is 1.41. The van der Waals surface area contributed by atoms with Crippen LogP contribution in [0, 0.1) is 0 Å². The van der Waals surface area contributed by atoms with Crippen LogP contribution < -0.4 is 5.32 Å². The van der Waals surface area contributed by atoms with Gasteiger partial charge in [-0.05, 0) is 37.0 Å². The van der Waals surface area contributed by atoms with Crippen LogP contribution in [0.5, 0.6) is 0 Å². The van der Waals surface area contributed by atoms with Gasteiger partial charge in [0.15, 0.2) is 0 Å². The fourth-order valence-corrected chi connectivity index (χ4v) is 4.12. The summed E-state index contributed by atoms with van der Waals surface area (Å²) < 4.78 is 0. The number of fused-ring (bicyclic) bond motifs is 2. The minimum Gasteiger partial charge on any atom is -0.329 e. The molecular weight excluding hydrogens is 314 g/mol. The van der Waals surface area contributed by atoms with Crippen LogP contribution >= 0.6 is 11.6 Å². The van der Waals surface area contributed by atoms with E-state index in [1.165, 1.54) is 0 Å². The van der Waals surface area contributed by atoms with E-state index in [9.17, 15) is 9.59 Å². The number of piperazine rings is 1. The van der Waals surface area contributed by atoms with Crippen LogP contribution in [0.25, 0.3) is 0 Å². The number of hydrogen-bond acceptors (Lipinski definition) is 3. The molecule has 3 heterocycles. The Labute approximate surface area is 140 Å². The zero-order valence-corrected chi connectivity index (χ0v) is 13.6. The molecule has 4 rings (SSSR count). The second-order valence-corrected chi connectivity index (χ2v) is 7.07. The highest BCUT2D eigenvalue weighted by molar-refractivity contribution is 6.30. The number of carbonyl (C=O) groups is 2. The van der Waals surface area contributed by atoms with E-state index in [0.29, 0.717) is 13.0 Å². The fourth-order valence-electron chi connectivity index (χ4n) is 4.00. The van der Waals surface area contributed by atoms with Crippen LogP contribution in [0.4, 0.5) is 0 Å². The van der Waals surface area contributed by atoms with Gasteiger partial charge in [-0.15, -0.1) is 0 Å². The molecule has 2 amide bonds. The summed E-state index contributed by atoms with van der Waals surface area (Å²) in [5, 5.41) is 4.20. The molecule has 3 atom stereocenters. The lowest BCUT2D eigenvalue weighted by molar-refractivity contribution is -0.156. The summed E-state index contributed by atoms with van der Waals surface area (Å²) in [5.41, 5.74) is 1.15. The summed E-state index contributed by atoms with van der Waals surface area (Å²) in [6, 6.07) is 7.43. The Bertz CT molecular complexity index is 603. The maximum Gasteiger partial charge on any atom is 0.246 e. The molecule has 5 nitrogen and oxygen atoms in total. The largest absolute Gasteiger partial charge is 0.329 e. The van der Waals surface area contributed by atoms with E-state index >= 15 is 0 Å². The van der Waals surface area contributed by atoms with Crippen LogP contribution in [0.3, 0.4) is 0 Å². The maximum absolute atomic E-state index is 12.6. The zero-order valence-electron chi connectivity index (χ0n) is 12.9. The van der Waals surface area contributed by atoms with Crippen molar-refractivity contribution in [2.24, 2.45) is 0 Å². The van der Waals surface area contributed by atoms with Gasteiger partial charge >= 0.3 is 0 Å². The number of hydrogen-bond donors (Lipinski definition) is 1. The molecule has 0 unspecified atom stereocenters. The van der Waals surface area contributed by atoms with Crippen molar-refractivity contribution in [2.45, 2.75) is 43.9 Å². The van der Waals surface area contributed by atoms with Crippen LogP contribution in [0.2, 0.25) is 5.02 Å². The van der Waals surface area contributed by atoms with Gasteiger partial charge in [0.1, 0.15) is 12.1 Å². The Morgan fingerprint density at radius 1 is 1.09 bits per heavy atom. The van der Waals surface area contributed by atoms with Crippen molar-refractivity contribution in [3.63, 3.8) is 0 Å². The number of amides is 2. The molecule has 1 aromatic rings. The van der Waals surface area contributed by atoms with E-state index in [1.54, 1.807) is 9.80 Å². The Kier molecular flexibility index (Phi) is 3.77. The van der Waals surface area contributed by atoms with E-state index in [2.05, 4.69) is 5.32 Å². The first-order valence-corrected chi connectivity index (χ1v) is 8.60. The summed E-state index contributed by atoms with van der Waals surface area (Å²) >= 11 is 5.89. The Morgan fingerprint density at radius 3 is 2.61 bits per heavy atom. The van der Waals surface area contributed by atoms with Crippen molar-refractivity contribution >= 4 is 23.4 Å². The predicted octanol–water partition coefficient (Wildman–Crippen LogP) is 1.40. The third kappa shape index (κ3) is 2.62. The first-order valence-electron chi connectivity index (χ1n) is 8.22. The molecule has 0 aromatic heterocycles. The third-order valence-electron chi connectivity index (χ3n) is 5.20. The zero-order chi connectivity index (χ0) is 16.0. The smallest absolute Gasteiger partial charge is 0.246 e. The average Bonchev–Trinajstić information content (AvgIpc) is 3.19. The molecular formula is C17H20ClN3O2. The highest BCUT2D eigenvalue weighted by Crippen LogP contribution is 2.32. The van der Waals surface area contributed by atoms with Gasteiger partial charge in [-0.25, -0.2) is 0 Å². The molecule has 23 heavy (non-hydrogen) atoms. The monoisotopic (exact) mass is 333 g/mol. The summed E-state index contributed by atoms with van der Waals surface area (Å²) in [7, 11) is 0. The predicted molar refractivity (Wildman–Crippen MR) is 86.9 cm³/mol. The Hall–Kier alpha value is -1.59. The molecule has 0 aliphatic carbocycles. The van der Waals surface area contributed by atoms with E-state index in [0.717, 1.165) is 36.5 Å². The highest BCUT2D eigenvalue weighted by Gasteiger charge is 2.51. The standard InChI is InChI=1S/C17H20ClN3O2/c18-12-5-3-11(4-6-12)9-19-13-8-15-17(23)20-7-1-2-14(20)16(22)21(15)10-13/h3-6,13-15,19H,1-2,7-10H2/t13-,14+,15-/m0/s1. The number of halogens is 1. The highest BCUT2D eigenvalue weighted by atomic mass is 35.5. The molecule has 0 bridgehead atoms. The molecule has 1 aromatic carbocycles. The number of benzene rings is 1. The summed E-state index contributed by atoms with van der Waals surface area (Å²) in [5.74, 6) is 0.283. The summed E-state index contributed by atoms with van der Waals surface area (Å²) in [4.78, 5) is 28.8. The third-order valence-corrected chi connectivity index (χ3v) is 5.45. The van der Waals surface area contributed by atoms with Crippen molar-refractivity contribution < 1.29 is 9.59 Å². The maximum atomic E-state index is 12.6. The molecule has 3 aliphatic rings. The van der Waals surface area contributed by atoms with E-state index in [1.807, 2.05) is 24.3 Å². The molecule has 6 heteroatoms. The van der Waals surface area contributed by atoms with Gasteiger partial charge in [0, 0.05) is 30.7 Å². The van der Waals surface area contributed by atoms with Gasteiger partial charge in [-0.2, -0.15) is 0 Å². The molecule has 1 N–H and O–H groups in total. The van der Waals surface area contributed by atoms with Gasteiger partial charge in [0.2, 0.25) is 11.8 Å². The van der Waals surface area contributed by atoms with Gasteiger partial charge in [-0.3, -0.25) is 9.59 Å². The van der Waals surface area contributed by atoms with Gasteiger partial charge in [-0.1, -0.05) is 23.7 Å². The second-order valence-electron chi connectivity index (χ2n) is 6.64. The van der Waals surface area contributed by atoms with Gasteiger partial charge < -0.3 is 15.1 Å². The van der Waals surface area contributed by atoms with E-state index in [4.69, 9.17) is 11.6 Å². The van der Waals surface area contributed by atoms with Crippen molar-refractivity contribution in [1.82, 2.24) is 15.1 Å². The van der Waals surface area contributed by atoms with E-state index < -0.39 is 0 Å². The lowest BCUT2D eigenvalue weighted by atomic mass is 10.1. The van der Waals surface area contributed by atoms with Gasteiger partial charge in [0.25, 0.3) is 0 Å². The lowest BCUT2D eigenvalue weighted by Gasteiger charge is -2.38. The minimum absolute atomic E-state index is 0.142. The SMILES string of the molecule is O=C1[C@@H]2C[C@H](NCc3ccc(Cl)cc3)CN2C(=O)[C@H]2CCCN12. The number of carbonyl (C=O) groups excluding carboxylic acids is 2. The van der Waals surface area contributed by atoms with Gasteiger partial charge in [0.05, 0.1) is 0 Å². The van der Waals surface area contributed by atoms with Crippen LogP contribution in [-0.2, 0) is 16.1 Å². The summed E-state index contributed by atoms with van der Waals surface area (Å²) in [6.45, 7) is 2.09. The molecule has 3 fully saturated rings. The van der Waals surface area contributed by atoms with Crippen molar-refractivity contribution in [2.75, 3.05) is 13.1 Å². The first-order chi connectivity index (χ1) is 11.1. The van der Waals surface area contributed by atoms with Crippen molar-refractivity contribution in [3.05, 3.63) is 34.9 Å². The number of nitrogens with zero attached hydrogens (tertiary/aromatic N) is 2. The normalized spacial score (nSPS) is 29.9. The first kappa shape index (κ1) is 15.0. The van der Waals surface area contributed by atoms with Crippen LogP contribution in [-0.4, -0.2) is 52.8 Å². The number of nitrogens with one attached hydrogen (secondary N) is 1. The summed E-state index contributed by atoms with van der Waals surface area (Å²) in [6.07, 6.45) is 2.47. The molecule has 0 radical (unpaired) electrons.